The maximum atomic E-state index is 12.3. The van der Waals surface area contributed by atoms with Crippen molar-refractivity contribution < 1.29 is 14.7 Å². The normalized spacial score (nSPS) is 21.2. The summed E-state index contributed by atoms with van der Waals surface area (Å²) in [5.41, 5.74) is 0. The molecule has 116 valence electrons. The Hall–Kier alpha value is -1.30. The number of carbonyl (C=O) groups excluding carboxylic acids is 1. The van der Waals surface area contributed by atoms with Crippen LogP contribution in [0.15, 0.2) is 0 Å². The van der Waals surface area contributed by atoms with Gasteiger partial charge >= 0.3 is 12.0 Å². The van der Waals surface area contributed by atoms with Gasteiger partial charge in [-0.1, -0.05) is 13.8 Å². The maximum absolute atomic E-state index is 12.3. The average molecular weight is 285 g/mol. The number of likely N-dealkylation sites (tertiary alicyclic amines) is 1. The Bertz CT molecular complexity index is 336. The van der Waals surface area contributed by atoms with E-state index in [-0.39, 0.29) is 24.7 Å². The van der Waals surface area contributed by atoms with Gasteiger partial charge in [-0.25, -0.2) is 4.79 Å². The Morgan fingerprint density at radius 3 is 2.70 bits per heavy atom. The smallest absolute Gasteiger partial charge is 0.323 e. The molecule has 1 aliphatic rings. The molecule has 2 amide bonds. The number of urea groups is 1. The van der Waals surface area contributed by atoms with Crippen LogP contribution in [0.5, 0.6) is 0 Å². The van der Waals surface area contributed by atoms with Crippen molar-refractivity contribution in [3.8, 4) is 0 Å². The van der Waals surface area contributed by atoms with Crippen LogP contribution >= 0.6 is 0 Å². The average Bonchev–Trinajstić information content (AvgIpc) is 2.43. The van der Waals surface area contributed by atoms with Crippen molar-refractivity contribution in [3.63, 3.8) is 0 Å². The molecule has 0 aromatic heterocycles. The molecule has 0 radical (unpaired) electrons. The molecule has 0 aromatic rings. The maximum Gasteiger partial charge on any atom is 0.323 e. The van der Waals surface area contributed by atoms with Gasteiger partial charge in [0.25, 0.3) is 0 Å². The van der Waals surface area contributed by atoms with Crippen molar-refractivity contribution in [2.45, 2.75) is 52.1 Å². The molecule has 1 heterocycles. The second kappa shape index (κ2) is 8.09. The van der Waals surface area contributed by atoms with E-state index < -0.39 is 5.97 Å². The van der Waals surface area contributed by atoms with E-state index in [2.05, 4.69) is 17.1 Å². The number of hydrogen-bond donors (Lipinski definition) is 2. The molecular formula is C14H27N3O3. The van der Waals surface area contributed by atoms with E-state index in [0.29, 0.717) is 0 Å². The summed E-state index contributed by atoms with van der Waals surface area (Å²) < 4.78 is 0. The largest absolute Gasteiger partial charge is 0.480 e. The molecule has 0 saturated carbocycles. The summed E-state index contributed by atoms with van der Waals surface area (Å²) in [5.74, 6) is -0.973. The lowest BCUT2D eigenvalue weighted by atomic mass is 10.1. The van der Waals surface area contributed by atoms with Crippen molar-refractivity contribution in [2.24, 2.45) is 0 Å². The monoisotopic (exact) mass is 285 g/mol. The number of nitrogens with one attached hydrogen (secondary N) is 1. The van der Waals surface area contributed by atoms with Gasteiger partial charge in [0.05, 0.1) is 0 Å². The second-order valence-electron chi connectivity index (χ2n) is 5.46. The number of hydrogen-bond acceptors (Lipinski definition) is 3. The highest BCUT2D eigenvalue weighted by Gasteiger charge is 2.26. The molecule has 1 fully saturated rings. The van der Waals surface area contributed by atoms with Crippen molar-refractivity contribution in [2.75, 3.05) is 26.2 Å². The highest BCUT2D eigenvalue weighted by molar-refractivity contribution is 5.80. The number of amides is 2. The molecule has 0 spiro atoms. The molecule has 2 unspecified atom stereocenters. The molecule has 1 rings (SSSR count). The van der Waals surface area contributed by atoms with Gasteiger partial charge in [-0.2, -0.15) is 0 Å². The molecule has 6 nitrogen and oxygen atoms in total. The van der Waals surface area contributed by atoms with Crippen LogP contribution < -0.4 is 5.32 Å². The standard InChI is InChI=1S/C14H27N3O3/c1-4-11(3)17(10-13(18)19)14(20)15-12-7-6-8-16(5-2)9-12/h11-12H,4-10H2,1-3H3,(H,15,20)(H,18,19). The summed E-state index contributed by atoms with van der Waals surface area (Å²) in [6.45, 7) is 8.60. The van der Waals surface area contributed by atoms with Gasteiger partial charge in [0.2, 0.25) is 0 Å². The van der Waals surface area contributed by atoms with Crippen LogP contribution in [-0.4, -0.2) is 65.2 Å². The first-order valence-corrected chi connectivity index (χ1v) is 7.49. The summed E-state index contributed by atoms with van der Waals surface area (Å²) >= 11 is 0. The minimum Gasteiger partial charge on any atom is -0.480 e. The van der Waals surface area contributed by atoms with Crippen LogP contribution in [0.4, 0.5) is 4.79 Å². The topological polar surface area (TPSA) is 72.9 Å². The number of carboxylic acids is 1. The number of likely N-dealkylation sites (N-methyl/N-ethyl adjacent to an activating group) is 1. The quantitative estimate of drug-likeness (QED) is 0.773. The number of carbonyl (C=O) groups is 2. The van der Waals surface area contributed by atoms with E-state index in [0.717, 1.165) is 38.9 Å². The van der Waals surface area contributed by atoms with Crippen LogP contribution in [0.2, 0.25) is 0 Å². The summed E-state index contributed by atoms with van der Waals surface area (Å²) in [4.78, 5) is 26.9. The molecule has 1 aliphatic heterocycles. The molecule has 2 N–H and O–H groups in total. The first-order valence-electron chi connectivity index (χ1n) is 7.49. The summed E-state index contributed by atoms with van der Waals surface area (Å²) in [7, 11) is 0. The Balaban J connectivity index is 2.58. The molecule has 0 bridgehead atoms. The predicted octanol–water partition coefficient (Wildman–Crippen LogP) is 1.37. The lowest BCUT2D eigenvalue weighted by Gasteiger charge is -2.35. The zero-order valence-electron chi connectivity index (χ0n) is 12.8. The lowest BCUT2D eigenvalue weighted by molar-refractivity contribution is -0.138. The molecule has 6 heteroatoms. The van der Waals surface area contributed by atoms with Crippen molar-refractivity contribution in [3.05, 3.63) is 0 Å². The van der Waals surface area contributed by atoms with E-state index in [1.807, 2.05) is 13.8 Å². The Labute approximate surface area is 121 Å². The minimum absolute atomic E-state index is 0.0723. The van der Waals surface area contributed by atoms with E-state index in [1.54, 1.807) is 0 Å². The zero-order valence-corrected chi connectivity index (χ0v) is 12.8. The Kier molecular flexibility index (Phi) is 6.78. The Morgan fingerprint density at radius 2 is 2.15 bits per heavy atom. The van der Waals surface area contributed by atoms with Gasteiger partial charge in [-0.15, -0.1) is 0 Å². The van der Waals surface area contributed by atoms with Crippen LogP contribution in [0.25, 0.3) is 0 Å². The van der Waals surface area contributed by atoms with Crippen LogP contribution in [0, 0.1) is 0 Å². The van der Waals surface area contributed by atoms with E-state index in [9.17, 15) is 9.59 Å². The molecule has 0 aliphatic carbocycles. The van der Waals surface area contributed by atoms with Gasteiger partial charge in [-0.05, 0) is 39.3 Å². The highest BCUT2D eigenvalue weighted by atomic mass is 16.4. The van der Waals surface area contributed by atoms with E-state index >= 15 is 0 Å². The molecular weight excluding hydrogens is 258 g/mol. The van der Waals surface area contributed by atoms with Gasteiger partial charge in [0, 0.05) is 18.6 Å². The minimum atomic E-state index is -0.973. The fourth-order valence-corrected chi connectivity index (χ4v) is 2.51. The third kappa shape index (κ3) is 5.00. The van der Waals surface area contributed by atoms with Gasteiger partial charge in [0.15, 0.2) is 0 Å². The Morgan fingerprint density at radius 1 is 1.45 bits per heavy atom. The highest BCUT2D eigenvalue weighted by Crippen LogP contribution is 2.11. The SMILES string of the molecule is CCC(C)N(CC(=O)O)C(=O)NC1CCCN(CC)C1. The summed E-state index contributed by atoms with van der Waals surface area (Å²) in [5, 5.41) is 11.9. The van der Waals surface area contributed by atoms with Crippen molar-refractivity contribution in [1.82, 2.24) is 15.1 Å². The number of rotatable bonds is 6. The second-order valence-corrected chi connectivity index (χ2v) is 5.46. The number of nitrogens with zero attached hydrogens (tertiary/aromatic N) is 2. The van der Waals surface area contributed by atoms with Gasteiger partial charge in [-0.3, -0.25) is 4.79 Å². The number of carboxylic acid groups (broad SMARTS) is 1. The fraction of sp³-hybridized carbons (Fsp3) is 0.857. The number of piperidine rings is 1. The van der Waals surface area contributed by atoms with E-state index in [1.165, 1.54) is 4.90 Å². The van der Waals surface area contributed by atoms with Crippen LogP contribution in [-0.2, 0) is 4.79 Å². The van der Waals surface area contributed by atoms with Crippen LogP contribution in [0.1, 0.15) is 40.0 Å². The van der Waals surface area contributed by atoms with Gasteiger partial charge in [0.1, 0.15) is 6.54 Å². The van der Waals surface area contributed by atoms with Gasteiger partial charge < -0.3 is 20.2 Å². The van der Waals surface area contributed by atoms with Crippen LogP contribution in [0.3, 0.4) is 0 Å². The van der Waals surface area contributed by atoms with Crippen molar-refractivity contribution in [1.29, 1.82) is 0 Å². The third-order valence-corrected chi connectivity index (χ3v) is 3.97. The molecule has 2 atom stereocenters. The fourth-order valence-electron chi connectivity index (χ4n) is 2.51. The lowest BCUT2D eigenvalue weighted by Crippen LogP contribution is -2.54. The number of aliphatic carboxylic acids is 1. The molecule has 0 aromatic carbocycles. The first kappa shape index (κ1) is 16.8. The van der Waals surface area contributed by atoms with E-state index in [4.69, 9.17) is 5.11 Å². The predicted molar refractivity (Wildman–Crippen MR) is 77.8 cm³/mol. The zero-order chi connectivity index (χ0) is 15.1. The van der Waals surface area contributed by atoms with Crippen molar-refractivity contribution >= 4 is 12.0 Å². The molecule has 1 saturated heterocycles. The summed E-state index contributed by atoms with van der Waals surface area (Å²) in [6, 6.07) is -0.210. The first-order chi connectivity index (χ1) is 9.47. The third-order valence-electron chi connectivity index (χ3n) is 3.97. The molecule has 20 heavy (non-hydrogen) atoms. The summed E-state index contributed by atoms with van der Waals surface area (Å²) in [6.07, 6.45) is 2.77.